The van der Waals surface area contributed by atoms with Gasteiger partial charge in [-0.2, -0.15) is 13.2 Å². The molecule has 1 atom stereocenters. The summed E-state index contributed by atoms with van der Waals surface area (Å²) in [7, 11) is 0. The molecule has 0 saturated heterocycles. The first-order valence-corrected chi connectivity index (χ1v) is 9.27. The van der Waals surface area contributed by atoms with Gasteiger partial charge in [-0.3, -0.25) is 4.98 Å². The van der Waals surface area contributed by atoms with Crippen molar-refractivity contribution in [2.24, 2.45) is 0 Å². The minimum absolute atomic E-state index is 0.0295. The fourth-order valence-corrected chi connectivity index (χ4v) is 3.35. The Labute approximate surface area is 171 Å². The summed E-state index contributed by atoms with van der Waals surface area (Å²) in [6.07, 6.45) is -2.84. The molecule has 0 spiro atoms. The van der Waals surface area contributed by atoms with Crippen LogP contribution in [0.15, 0.2) is 72.9 Å². The van der Waals surface area contributed by atoms with Gasteiger partial charge < -0.3 is 10.4 Å². The van der Waals surface area contributed by atoms with Crippen LogP contribution in [0.3, 0.4) is 0 Å². The van der Waals surface area contributed by atoms with E-state index in [1.165, 1.54) is 12.1 Å². The van der Waals surface area contributed by atoms with Crippen LogP contribution < -0.4 is 5.32 Å². The van der Waals surface area contributed by atoms with Crippen LogP contribution in [0.4, 0.5) is 19.0 Å². The van der Waals surface area contributed by atoms with E-state index < -0.39 is 17.8 Å². The summed E-state index contributed by atoms with van der Waals surface area (Å²) in [6, 6.07) is 16.8. The van der Waals surface area contributed by atoms with E-state index in [4.69, 9.17) is 0 Å². The summed E-state index contributed by atoms with van der Waals surface area (Å²) >= 11 is 0. The van der Waals surface area contributed by atoms with Crippen LogP contribution in [-0.4, -0.2) is 15.1 Å². The molecule has 0 aliphatic rings. The van der Waals surface area contributed by atoms with Crippen molar-refractivity contribution in [3.05, 3.63) is 95.3 Å². The third-order valence-corrected chi connectivity index (χ3v) is 4.84. The van der Waals surface area contributed by atoms with E-state index >= 15 is 0 Å². The summed E-state index contributed by atoms with van der Waals surface area (Å²) < 4.78 is 39.0. The van der Waals surface area contributed by atoms with Gasteiger partial charge in [-0.05, 0) is 42.8 Å². The van der Waals surface area contributed by atoms with E-state index in [1.54, 1.807) is 24.4 Å². The van der Waals surface area contributed by atoms with Gasteiger partial charge in [0.05, 0.1) is 11.6 Å². The van der Waals surface area contributed by atoms with E-state index in [1.807, 2.05) is 31.2 Å². The lowest BCUT2D eigenvalue weighted by Crippen LogP contribution is -2.14. The fourth-order valence-electron chi connectivity index (χ4n) is 3.35. The monoisotopic (exact) mass is 409 g/mol. The second-order valence-corrected chi connectivity index (χ2v) is 6.94. The van der Waals surface area contributed by atoms with Crippen LogP contribution in [0.25, 0.3) is 10.9 Å². The lowest BCUT2D eigenvalue weighted by molar-refractivity contribution is -0.137. The highest BCUT2D eigenvalue weighted by molar-refractivity contribution is 5.86. The van der Waals surface area contributed by atoms with Gasteiger partial charge >= 0.3 is 6.18 Å². The summed E-state index contributed by atoms with van der Waals surface area (Å²) in [5.41, 5.74) is 1.52. The zero-order valence-electron chi connectivity index (χ0n) is 16.0. The molecule has 4 rings (SSSR count). The summed E-state index contributed by atoms with van der Waals surface area (Å²) in [5, 5.41) is 14.9. The van der Waals surface area contributed by atoms with Gasteiger partial charge in [-0.1, -0.05) is 36.4 Å². The highest BCUT2D eigenvalue weighted by atomic mass is 19.4. The molecule has 4 aromatic rings. The number of aryl methyl sites for hydroxylation is 1. The van der Waals surface area contributed by atoms with Gasteiger partial charge in [0, 0.05) is 22.8 Å². The Balaban J connectivity index is 1.82. The molecule has 0 aliphatic heterocycles. The number of nitrogens with one attached hydrogen (secondary N) is 1. The molecule has 2 aromatic heterocycles. The Kier molecular flexibility index (Phi) is 5.03. The molecule has 2 heterocycles. The maximum absolute atomic E-state index is 13.0. The van der Waals surface area contributed by atoms with E-state index in [0.717, 1.165) is 23.2 Å². The first-order chi connectivity index (χ1) is 14.3. The van der Waals surface area contributed by atoms with Crippen molar-refractivity contribution in [1.29, 1.82) is 0 Å². The average molecular weight is 409 g/mol. The van der Waals surface area contributed by atoms with Gasteiger partial charge in [0.15, 0.2) is 0 Å². The molecule has 7 heteroatoms. The summed E-state index contributed by atoms with van der Waals surface area (Å²) in [6.45, 7) is 1.84. The number of aromatic hydroxyl groups is 1. The second kappa shape index (κ2) is 7.67. The molecular weight excluding hydrogens is 391 g/mol. The van der Waals surface area contributed by atoms with Crippen LogP contribution in [0.5, 0.6) is 5.75 Å². The maximum atomic E-state index is 13.0. The Bertz CT molecular complexity index is 1190. The number of hydrogen-bond donors (Lipinski definition) is 2. The van der Waals surface area contributed by atoms with Crippen molar-refractivity contribution >= 4 is 16.7 Å². The lowest BCUT2D eigenvalue weighted by atomic mass is 9.95. The normalized spacial score (nSPS) is 12.7. The number of rotatable bonds is 4. The standard InChI is InChI=1S/C23H18F3N3O/c1-14-4-2-6-19(28-14)29-20(16-7-10-17(11-8-16)23(24,25)26)18-12-9-15-5-3-13-27-21(15)22(18)30/h2-13,20,30H,1H3,(H,28,29)/t20-/m1/s1. The summed E-state index contributed by atoms with van der Waals surface area (Å²) in [5.74, 6) is 0.513. The van der Waals surface area contributed by atoms with Crippen LogP contribution in [-0.2, 0) is 6.18 Å². The van der Waals surface area contributed by atoms with Crippen molar-refractivity contribution in [2.75, 3.05) is 5.32 Å². The Hall–Kier alpha value is -3.61. The van der Waals surface area contributed by atoms with Crippen LogP contribution >= 0.6 is 0 Å². The molecule has 2 aromatic carbocycles. The van der Waals surface area contributed by atoms with Crippen LogP contribution in [0.1, 0.15) is 28.4 Å². The molecule has 4 nitrogen and oxygen atoms in total. The number of phenols is 1. The molecule has 0 bridgehead atoms. The molecule has 2 N–H and O–H groups in total. The molecule has 30 heavy (non-hydrogen) atoms. The number of fused-ring (bicyclic) bond motifs is 1. The Morgan fingerprint density at radius 1 is 0.933 bits per heavy atom. The van der Waals surface area contributed by atoms with Crippen molar-refractivity contribution in [3.8, 4) is 5.75 Å². The average Bonchev–Trinajstić information content (AvgIpc) is 2.72. The number of pyridine rings is 2. The molecule has 0 saturated carbocycles. The molecule has 0 aliphatic carbocycles. The van der Waals surface area contributed by atoms with E-state index in [9.17, 15) is 18.3 Å². The molecule has 152 valence electrons. The maximum Gasteiger partial charge on any atom is 0.416 e. The molecule has 0 unspecified atom stereocenters. The van der Waals surface area contributed by atoms with Gasteiger partial charge in [-0.15, -0.1) is 0 Å². The number of benzene rings is 2. The number of hydrogen-bond acceptors (Lipinski definition) is 4. The largest absolute Gasteiger partial charge is 0.505 e. The molecule has 0 amide bonds. The smallest absolute Gasteiger partial charge is 0.416 e. The number of nitrogens with zero attached hydrogens (tertiary/aromatic N) is 2. The third kappa shape index (κ3) is 3.91. The predicted molar refractivity (Wildman–Crippen MR) is 109 cm³/mol. The van der Waals surface area contributed by atoms with Gasteiger partial charge in [0.25, 0.3) is 0 Å². The SMILES string of the molecule is Cc1cccc(N[C@H](c2ccc(C(F)(F)F)cc2)c2ccc3cccnc3c2O)n1. The minimum atomic E-state index is -4.42. The van der Waals surface area contributed by atoms with Crippen molar-refractivity contribution in [2.45, 2.75) is 19.1 Å². The first kappa shape index (κ1) is 19.7. The predicted octanol–water partition coefficient (Wildman–Crippen LogP) is 5.86. The van der Waals surface area contributed by atoms with Crippen LogP contribution in [0, 0.1) is 6.92 Å². The molecule has 0 radical (unpaired) electrons. The first-order valence-electron chi connectivity index (χ1n) is 9.27. The zero-order chi connectivity index (χ0) is 21.3. The van der Waals surface area contributed by atoms with Gasteiger partial charge in [-0.25, -0.2) is 4.98 Å². The van der Waals surface area contributed by atoms with Crippen LogP contribution in [0.2, 0.25) is 0 Å². The number of anilines is 1. The Morgan fingerprint density at radius 2 is 1.70 bits per heavy atom. The third-order valence-electron chi connectivity index (χ3n) is 4.84. The molecule has 0 fully saturated rings. The number of halogens is 3. The topological polar surface area (TPSA) is 58.0 Å². The fraction of sp³-hybridized carbons (Fsp3) is 0.130. The lowest BCUT2D eigenvalue weighted by Gasteiger charge is -2.22. The number of aromatic nitrogens is 2. The van der Waals surface area contributed by atoms with Gasteiger partial charge in [0.2, 0.25) is 0 Å². The molecular formula is C23H18F3N3O. The van der Waals surface area contributed by atoms with E-state index in [2.05, 4.69) is 15.3 Å². The van der Waals surface area contributed by atoms with Crippen molar-refractivity contribution in [3.63, 3.8) is 0 Å². The number of alkyl halides is 3. The minimum Gasteiger partial charge on any atom is -0.505 e. The Morgan fingerprint density at radius 3 is 2.40 bits per heavy atom. The van der Waals surface area contributed by atoms with Crippen molar-refractivity contribution in [1.82, 2.24) is 9.97 Å². The highest BCUT2D eigenvalue weighted by Gasteiger charge is 2.30. The number of phenolic OH excluding ortho intramolecular Hbond substituents is 1. The summed E-state index contributed by atoms with van der Waals surface area (Å²) in [4.78, 5) is 8.67. The van der Waals surface area contributed by atoms with E-state index in [0.29, 0.717) is 22.5 Å². The van der Waals surface area contributed by atoms with E-state index in [-0.39, 0.29) is 5.75 Å². The van der Waals surface area contributed by atoms with Gasteiger partial charge in [0.1, 0.15) is 17.1 Å². The quantitative estimate of drug-likeness (QED) is 0.443. The zero-order valence-corrected chi connectivity index (χ0v) is 16.0. The highest BCUT2D eigenvalue weighted by Crippen LogP contribution is 2.37. The van der Waals surface area contributed by atoms with Crippen molar-refractivity contribution < 1.29 is 18.3 Å². The second-order valence-electron chi connectivity index (χ2n) is 6.94.